The number of nitrogens with two attached hydrogens (primary N) is 1. The maximum atomic E-state index is 12.3. The number of aromatic nitrogens is 1. The van der Waals surface area contributed by atoms with Crippen LogP contribution in [-0.2, 0) is 19.9 Å². The van der Waals surface area contributed by atoms with E-state index >= 15 is 0 Å². The van der Waals surface area contributed by atoms with E-state index in [0.717, 1.165) is 25.0 Å². The van der Waals surface area contributed by atoms with E-state index in [1.807, 2.05) is 18.2 Å². The summed E-state index contributed by atoms with van der Waals surface area (Å²) in [6.07, 6.45) is 5.64. The summed E-state index contributed by atoms with van der Waals surface area (Å²) in [7, 11) is -2.80. The second-order valence-electron chi connectivity index (χ2n) is 6.05. The first-order chi connectivity index (χ1) is 10.3. The van der Waals surface area contributed by atoms with Crippen molar-refractivity contribution in [2.24, 2.45) is 5.73 Å². The largest absolute Gasteiger partial charge is 0.480 e. The van der Waals surface area contributed by atoms with Crippen LogP contribution in [0.25, 0.3) is 0 Å². The Morgan fingerprint density at radius 1 is 1.45 bits per heavy atom. The molecule has 1 aromatic heterocycles. The number of carboxylic acids is 1. The average Bonchev–Trinajstić information content (AvgIpc) is 2.44. The third-order valence-electron chi connectivity index (χ3n) is 4.51. The first kappa shape index (κ1) is 16.9. The van der Waals surface area contributed by atoms with E-state index in [1.54, 1.807) is 6.20 Å². The number of hydrogen-bond acceptors (Lipinski definition) is 5. The van der Waals surface area contributed by atoms with Crippen LogP contribution in [0, 0.1) is 4.78 Å². The lowest BCUT2D eigenvalue weighted by atomic mass is 9.65. The third kappa shape index (κ3) is 4.04. The van der Waals surface area contributed by atoms with Crippen LogP contribution in [0.15, 0.2) is 24.4 Å². The van der Waals surface area contributed by atoms with E-state index in [0.29, 0.717) is 6.42 Å². The fourth-order valence-electron chi connectivity index (χ4n) is 2.82. The van der Waals surface area contributed by atoms with E-state index in [4.69, 9.17) is 15.6 Å². The summed E-state index contributed by atoms with van der Waals surface area (Å²) in [5.41, 5.74) is 6.37. The molecule has 0 aliphatic heterocycles. The van der Waals surface area contributed by atoms with Crippen LogP contribution in [0.2, 0.25) is 0 Å². The maximum Gasteiger partial charge on any atom is 0.320 e. The van der Waals surface area contributed by atoms with E-state index in [1.165, 1.54) is 0 Å². The fraction of sp³-hybridized carbons (Fsp3) is 0.600. The van der Waals surface area contributed by atoms with Crippen LogP contribution in [0.3, 0.4) is 0 Å². The average molecular weight is 325 g/mol. The van der Waals surface area contributed by atoms with Crippen LogP contribution < -0.4 is 5.73 Å². The van der Waals surface area contributed by atoms with Gasteiger partial charge in [-0.15, -0.1) is 0 Å². The molecule has 0 amide bonds. The number of carboxylic acid groups (broad SMARTS) is 1. The number of nitrogens with zero attached hydrogens (tertiary/aromatic N) is 1. The monoisotopic (exact) mass is 325 g/mol. The molecule has 22 heavy (non-hydrogen) atoms. The summed E-state index contributed by atoms with van der Waals surface area (Å²) < 4.78 is 20.3. The van der Waals surface area contributed by atoms with Gasteiger partial charge in [0.1, 0.15) is 6.04 Å². The molecule has 122 valence electrons. The van der Waals surface area contributed by atoms with Crippen molar-refractivity contribution < 1.29 is 14.1 Å². The van der Waals surface area contributed by atoms with Crippen molar-refractivity contribution in [3.05, 3.63) is 30.1 Å². The molecule has 1 aliphatic rings. The van der Waals surface area contributed by atoms with Crippen LogP contribution in [0.5, 0.6) is 0 Å². The van der Waals surface area contributed by atoms with Gasteiger partial charge in [0.05, 0.1) is 0 Å². The van der Waals surface area contributed by atoms with Crippen LogP contribution in [0.1, 0.15) is 37.8 Å². The first-order valence-electron chi connectivity index (χ1n) is 7.49. The Kier molecular flexibility index (Phi) is 5.18. The van der Waals surface area contributed by atoms with Gasteiger partial charge < -0.3 is 10.8 Å². The van der Waals surface area contributed by atoms with Crippen LogP contribution >= 0.6 is 0 Å². The molecule has 2 atom stereocenters. The Balaban J connectivity index is 1.94. The SMILES string of the molecule is N=S(=O)(CC[C@H](N)C(=O)O)CCC1(c2ccccn2)CCC1. The lowest BCUT2D eigenvalue weighted by Crippen LogP contribution is -2.37. The van der Waals surface area contributed by atoms with Crippen molar-refractivity contribution in [2.45, 2.75) is 43.6 Å². The molecule has 1 heterocycles. The molecular weight excluding hydrogens is 302 g/mol. The summed E-state index contributed by atoms with van der Waals surface area (Å²) >= 11 is 0. The van der Waals surface area contributed by atoms with Crippen molar-refractivity contribution in [2.75, 3.05) is 11.5 Å². The minimum atomic E-state index is -2.80. The van der Waals surface area contributed by atoms with Crippen molar-refractivity contribution in [1.29, 1.82) is 4.78 Å². The summed E-state index contributed by atoms with van der Waals surface area (Å²) in [5.74, 6) is -0.798. The Morgan fingerprint density at radius 3 is 2.68 bits per heavy atom. The molecule has 1 aliphatic carbocycles. The quantitative estimate of drug-likeness (QED) is 0.673. The third-order valence-corrected chi connectivity index (χ3v) is 6.26. The smallest absolute Gasteiger partial charge is 0.320 e. The predicted octanol–water partition coefficient (Wildman–Crippen LogP) is 1.74. The molecule has 0 saturated heterocycles. The number of nitrogens with one attached hydrogen (secondary N) is 1. The summed E-state index contributed by atoms with van der Waals surface area (Å²) in [5, 5.41) is 8.75. The van der Waals surface area contributed by atoms with Gasteiger partial charge in [0, 0.05) is 38.5 Å². The lowest BCUT2D eigenvalue weighted by molar-refractivity contribution is -0.138. The minimum absolute atomic E-state index is 0.0404. The van der Waals surface area contributed by atoms with Crippen molar-refractivity contribution in [1.82, 2.24) is 4.98 Å². The molecule has 2 rings (SSSR count). The van der Waals surface area contributed by atoms with Crippen LogP contribution in [-0.4, -0.2) is 37.8 Å². The molecule has 1 fully saturated rings. The van der Waals surface area contributed by atoms with Gasteiger partial charge in [-0.1, -0.05) is 12.5 Å². The summed E-state index contributed by atoms with van der Waals surface area (Å²) in [4.78, 5) is 15.1. The highest BCUT2D eigenvalue weighted by Crippen LogP contribution is 2.45. The normalized spacial score (nSPS) is 20.6. The van der Waals surface area contributed by atoms with Crippen molar-refractivity contribution >= 4 is 15.7 Å². The Bertz CT molecular complexity index is 612. The maximum absolute atomic E-state index is 12.3. The highest BCUT2D eigenvalue weighted by molar-refractivity contribution is 7.92. The van der Waals surface area contributed by atoms with E-state index in [9.17, 15) is 9.00 Å². The summed E-state index contributed by atoms with van der Waals surface area (Å²) in [6, 6.07) is 4.77. The second kappa shape index (κ2) is 6.75. The van der Waals surface area contributed by atoms with Gasteiger partial charge in [0.2, 0.25) is 0 Å². The molecule has 7 heteroatoms. The van der Waals surface area contributed by atoms with Gasteiger partial charge in [-0.05, 0) is 37.8 Å². The predicted molar refractivity (Wildman–Crippen MR) is 85.2 cm³/mol. The zero-order valence-electron chi connectivity index (χ0n) is 12.5. The lowest BCUT2D eigenvalue weighted by Gasteiger charge is -2.41. The molecular formula is C15H23N3O3S. The molecule has 4 N–H and O–H groups in total. The molecule has 1 unspecified atom stereocenters. The zero-order chi connectivity index (χ0) is 16.2. The molecule has 1 saturated carbocycles. The van der Waals surface area contributed by atoms with Gasteiger partial charge in [-0.2, -0.15) is 0 Å². The molecule has 0 aromatic carbocycles. The Hall–Kier alpha value is -1.47. The van der Waals surface area contributed by atoms with E-state index in [-0.39, 0.29) is 23.3 Å². The zero-order valence-corrected chi connectivity index (χ0v) is 13.3. The number of carbonyl (C=O) groups is 1. The second-order valence-corrected chi connectivity index (χ2v) is 8.49. The molecule has 6 nitrogen and oxygen atoms in total. The molecule has 0 bridgehead atoms. The number of aliphatic carboxylic acids is 1. The number of hydrogen-bond donors (Lipinski definition) is 3. The highest BCUT2D eigenvalue weighted by atomic mass is 32.2. The standard InChI is InChI=1S/C15H23N3O3S/c16-12(14(19)20)5-10-22(17,21)11-8-15(6-3-7-15)13-4-1-2-9-18-13/h1-2,4,9,12,17H,3,5-8,10-11,16H2,(H,19,20)/t12-,22?/m0/s1. The van der Waals surface area contributed by atoms with E-state index in [2.05, 4.69) is 4.98 Å². The molecule has 1 aromatic rings. The van der Waals surface area contributed by atoms with E-state index < -0.39 is 21.7 Å². The number of rotatable bonds is 8. The Morgan fingerprint density at radius 2 is 2.18 bits per heavy atom. The first-order valence-corrected chi connectivity index (χ1v) is 9.38. The van der Waals surface area contributed by atoms with Gasteiger partial charge in [0.15, 0.2) is 0 Å². The van der Waals surface area contributed by atoms with Crippen LogP contribution in [0.4, 0.5) is 0 Å². The summed E-state index contributed by atoms with van der Waals surface area (Å²) in [6.45, 7) is 0. The van der Waals surface area contributed by atoms with Gasteiger partial charge in [-0.25, -0.2) is 4.21 Å². The van der Waals surface area contributed by atoms with Gasteiger partial charge in [0.25, 0.3) is 0 Å². The number of pyridine rings is 1. The molecule has 0 spiro atoms. The Labute approximate surface area is 131 Å². The molecule has 0 radical (unpaired) electrons. The topological polar surface area (TPSA) is 117 Å². The minimum Gasteiger partial charge on any atom is -0.480 e. The van der Waals surface area contributed by atoms with Gasteiger partial charge in [-0.3, -0.25) is 14.6 Å². The van der Waals surface area contributed by atoms with Crippen molar-refractivity contribution in [3.8, 4) is 0 Å². The van der Waals surface area contributed by atoms with Crippen molar-refractivity contribution in [3.63, 3.8) is 0 Å². The highest BCUT2D eigenvalue weighted by Gasteiger charge is 2.40. The fourth-order valence-corrected chi connectivity index (χ4v) is 4.38. The van der Waals surface area contributed by atoms with Gasteiger partial charge >= 0.3 is 5.97 Å².